The summed E-state index contributed by atoms with van der Waals surface area (Å²) in [5, 5.41) is 34.3. The minimum atomic E-state index is -2.23. The molecule has 0 radical (unpaired) electrons. The number of hydrogen-bond acceptors (Lipinski definition) is 14. The molecular weight excluding hydrogens is 923 g/mol. The van der Waals surface area contributed by atoms with Crippen molar-refractivity contribution in [1.29, 1.82) is 0 Å². The molecule has 4 fully saturated rings. The summed E-state index contributed by atoms with van der Waals surface area (Å²) in [4.78, 5) is 56.2. The number of ether oxygens (including phenoxy) is 7. The van der Waals surface area contributed by atoms with E-state index >= 15 is 0 Å². The number of hydrogen-bond donors (Lipinski definition) is 3. The summed E-state index contributed by atoms with van der Waals surface area (Å²) in [7, 11) is 4.73. The van der Waals surface area contributed by atoms with E-state index in [1.165, 1.54) is 12.0 Å². The number of esters is 1. The third-order valence-electron chi connectivity index (χ3n) is 15.9. The van der Waals surface area contributed by atoms with Crippen molar-refractivity contribution in [2.45, 2.75) is 206 Å². The van der Waals surface area contributed by atoms with Crippen LogP contribution in [0.3, 0.4) is 0 Å². The van der Waals surface area contributed by atoms with Crippen molar-refractivity contribution in [1.82, 2.24) is 4.90 Å². The second-order valence-electron chi connectivity index (χ2n) is 22.2. The summed E-state index contributed by atoms with van der Waals surface area (Å²) in [6.45, 7) is 22.3. The Morgan fingerprint density at radius 3 is 2.21 bits per heavy atom. The topological polar surface area (TPSA) is 197 Å². The van der Waals surface area contributed by atoms with E-state index in [0.29, 0.717) is 76.1 Å². The molecule has 0 aromatic carbocycles. The Labute approximate surface area is 431 Å². The van der Waals surface area contributed by atoms with Crippen molar-refractivity contribution in [3.63, 3.8) is 0 Å². The van der Waals surface area contributed by atoms with Gasteiger partial charge < -0.3 is 53.4 Å². The fraction of sp³-hybridized carbons (Fsp3) is 0.789. The number of carbonyl (C=O) groups is 4. The smallest absolute Gasteiger partial charge is 0.329 e. The van der Waals surface area contributed by atoms with E-state index in [9.17, 15) is 34.5 Å². The lowest BCUT2D eigenvalue weighted by Gasteiger charge is -2.46. The number of piperidine rings is 1. The standard InChI is InChI=1S/C57H93NO14/c1-34(2)45(59)31-48(38(7)28-42-23-25-46(49(29-42)67-12)70-50-33-69-32-40(50)9)71-56(64)44-21-17-18-26-58(44)55(63)54(62)57(65)41(10)22-24-43(72-57)30-47(66-11)37(6)20-16-14-15-19-36(5)27-39(8)52(61)53(68-13)51(60)35(3)4/h14-16,19-20,34,36,38-44,46-51,53-54,60,62,65H,3,17-18,21-33H2,1-2,4-13H3. The summed E-state index contributed by atoms with van der Waals surface area (Å²) in [6.07, 6.45) is 10.8. The molecular formula is C57H93NO14. The van der Waals surface area contributed by atoms with Gasteiger partial charge in [0.1, 0.15) is 30.1 Å². The average molecular weight is 1020 g/mol. The highest BCUT2D eigenvalue weighted by Gasteiger charge is 2.53. The average Bonchev–Trinajstić information content (AvgIpc) is 3.76. The Morgan fingerprint density at radius 2 is 1.58 bits per heavy atom. The SMILES string of the molecule is C=C(C)C(O)C(OC)C(=O)C(C)CC(C)C=CC=CC=C(C)C(CC1CCC(C)C(O)(C(O)C(=O)N2CCCCC2C(=O)OC(CC(=O)C(C)C)C(C)CC2CCC(OC3COCC3C)C(OC)C2)O1)OC. The molecule has 4 aliphatic rings. The van der Waals surface area contributed by atoms with Gasteiger partial charge >= 0.3 is 5.97 Å². The summed E-state index contributed by atoms with van der Waals surface area (Å²) in [6, 6.07) is -1.00. The van der Waals surface area contributed by atoms with Crippen LogP contribution in [0.2, 0.25) is 0 Å². The molecule has 0 aromatic rings. The van der Waals surface area contributed by atoms with Crippen molar-refractivity contribution in [2.75, 3.05) is 41.1 Å². The molecule has 1 amide bonds. The highest BCUT2D eigenvalue weighted by atomic mass is 16.6. The highest BCUT2D eigenvalue weighted by Crippen LogP contribution is 2.39. The lowest BCUT2D eigenvalue weighted by Crippen LogP contribution is -2.63. The zero-order chi connectivity index (χ0) is 53.4. The fourth-order valence-corrected chi connectivity index (χ4v) is 10.9. The molecule has 0 bridgehead atoms. The van der Waals surface area contributed by atoms with Crippen molar-refractivity contribution in [3.8, 4) is 0 Å². The van der Waals surface area contributed by atoms with Gasteiger partial charge in [-0.1, -0.05) is 85.4 Å². The number of amides is 1. The van der Waals surface area contributed by atoms with Gasteiger partial charge in [-0.05, 0) is 107 Å². The molecule has 17 atom stereocenters. The third kappa shape index (κ3) is 16.9. The lowest BCUT2D eigenvalue weighted by molar-refractivity contribution is -0.317. The van der Waals surface area contributed by atoms with Crippen LogP contribution in [0.5, 0.6) is 0 Å². The van der Waals surface area contributed by atoms with Crippen molar-refractivity contribution in [2.24, 2.45) is 41.4 Å². The summed E-state index contributed by atoms with van der Waals surface area (Å²) in [5.41, 5.74) is 1.37. The molecule has 3 heterocycles. The van der Waals surface area contributed by atoms with Crippen LogP contribution in [-0.2, 0) is 52.3 Å². The lowest BCUT2D eigenvalue weighted by atomic mass is 9.78. The van der Waals surface area contributed by atoms with E-state index in [-0.39, 0.29) is 72.4 Å². The number of nitrogens with zero attached hydrogens (tertiary/aromatic N) is 1. The fourth-order valence-electron chi connectivity index (χ4n) is 10.9. The maximum absolute atomic E-state index is 14.4. The number of ketones is 2. The predicted octanol–water partition coefficient (Wildman–Crippen LogP) is 7.67. The predicted molar refractivity (Wildman–Crippen MR) is 276 cm³/mol. The normalized spacial score (nSPS) is 30.9. The van der Waals surface area contributed by atoms with Gasteiger partial charge in [-0.2, -0.15) is 0 Å². The number of rotatable bonds is 27. The molecule has 15 heteroatoms. The molecule has 4 rings (SSSR count). The number of aliphatic hydroxyl groups is 3. The molecule has 3 N–H and O–H groups in total. The molecule has 17 unspecified atom stereocenters. The van der Waals surface area contributed by atoms with Crippen LogP contribution >= 0.6 is 0 Å². The monoisotopic (exact) mass is 1020 g/mol. The van der Waals surface area contributed by atoms with Crippen LogP contribution in [0.1, 0.15) is 139 Å². The van der Waals surface area contributed by atoms with Gasteiger partial charge in [0, 0.05) is 64.4 Å². The van der Waals surface area contributed by atoms with Crippen molar-refractivity contribution < 1.29 is 67.7 Å². The van der Waals surface area contributed by atoms with Crippen molar-refractivity contribution >= 4 is 23.4 Å². The second-order valence-corrected chi connectivity index (χ2v) is 22.2. The summed E-state index contributed by atoms with van der Waals surface area (Å²) >= 11 is 0. The Kier molecular flexibility index (Phi) is 25.0. The van der Waals surface area contributed by atoms with E-state index in [1.54, 1.807) is 28.1 Å². The van der Waals surface area contributed by atoms with Gasteiger partial charge in [0.05, 0.1) is 43.7 Å². The molecule has 1 aliphatic carbocycles. The number of aliphatic hydroxyl groups excluding tert-OH is 2. The third-order valence-corrected chi connectivity index (χ3v) is 15.9. The van der Waals surface area contributed by atoms with Crippen LogP contribution in [-0.4, -0.2) is 152 Å². The first-order valence-electron chi connectivity index (χ1n) is 26.9. The van der Waals surface area contributed by atoms with E-state index in [0.717, 1.165) is 24.8 Å². The highest BCUT2D eigenvalue weighted by molar-refractivity contribution is 5.88. The van der Waals surface area contributed by atoms with E-state index < -0.39 is 66.2 Å². The molecule has 0 spiro atoms. The van der Waals surface area contributed by atoms with Crippen LogP contribution in [0.4, 0.5) is 0 Å². The van der Waals surface area contributed by atoms with Gasteiger partial charge in [-0.15, -0.1) is 0 Å². The summed E-state index contributed by atoms with van der Waals surface area (Å²) < 4.78 is 41.8. The van der Waals surface area contributed by atoms with Gasteiger partial charge in [0.25, 0.3) is 5.91 Å². The molecule has 410 valence electrons. The Bertz CT molecular complexity index is 1850. The molecule has 1 saturated carbocycles. The largest absolute Gasteiger partial charge is 0.460 e. The zero-order valence-electron chi connectivity index (χ0n) is 45.8. The van der Waals surface area contributed by atoms with E-state index in [2.05, 4.69) is 13.5 Å². The summed E-state index contributed by atoms with van der Waals surface area (Å²) in [5.74, 6) is -4.50. The molecule has 15 nitrogen and oxygen atoms in total. The first-order valence-corrected chi connectivity index (χ1v) is 26.9. The number of Topliss-reactive ketones (excluding diaryl/α,β-unsaturated/α-hetero) is 2. The maximum atomic E-state index is 14.4. The van der Waals surface area contributed by atoms with Gasteiger partial charge in [0.2, 0.25) is 5.79 Å². The number of methoxy groups -OCH3 is 3. The number of carbonyl (C=O) groups excluding carboxylic acids is 4. The molecule has 3 saturated heterocycles. The minimum Gasteiger partial charge on any atom is -0.460 e. The van der Waals surface area contributed by atoms with Crippen LogP contribution in [0.15, 0.2) is 48.1 Å². The number of allylic oxidation sites excluding steroid dienone is 5. The molecule has 72 heavy (non-hydrogen) atoms. The first-order chi connectivity index (χ1) is 34.1. The van der Waals surface area contributed by atoms with Crippen LogP contribution in [0.25, 0.3) is 0 Å². The zero-order valence-corrected chi connectivity index (χ0v) is 45.8. The Morgan fingerprint density at radius 1 is 0.861 bits per heavy atom. The molecule has 3 aliphatic heterocycles. The Balaban J connectivity index is 1.37. The van der Waals surface area contributed by atoms with Crippen LogP contribution in [0, 0.1) is 41.4 Å². The maximum Gasteiger partial charge on any atom is 0.329 e. The minimum absolute atomic E-state index is 0.0146. The van der Waals surface area contributed by atoms with Gasteiger partial charge in [-0.25, -0.2) is 4.79 Å². The Hall–Kier alpha value is -3.12. The molecule has 0 aromatic heterocycles. The van der Waals surface area contributed by atoms with Gasteiger partial charge in [0.15, 0.2) is 11.9 Å². The van der Waals surface area contributed by atoms with E-state index in [4.69, 9.17) is 33.2 Å². The quantitative estimate of drug-likeness (QED) is 0.0412. The van der Waals surface area contributed by atoms with E-state index in [1.807, 2.05) is 71.9 Å². The van der Waals surface area contributed by atoms with Gasteiger partial charge in [-0.3, -0.25) is 14.4 Å². The van der Waals surface area contributed by atoms with Crippen molar-refractivity contribution in [3.05, 3.63) is 48.1 Å². The number of likely N-dealkylation sites (tertiary alicyclic amines) is 1. The first kappa shape index (κ1) is 61.4. The second kappa shape index (κ2) is 29.3. The van der Waals surface area contributed by atoms with Crippen LogP contribution < -0.4 is 0 Å².